The minimum Gasteiger partial charge on any atom is -0.493 e. The number of hydrogen-bond donors (Lipinski definition) is 2. The second-order valence-electron chi connectivity index (χ2n) is 8.77. The lowest BCUT2D eigenvalue weighted by Crippen LogP contribution is -2.43. The van der Waals surface area contributed by atoms with Crippen molar-refractivity contribution in [3.63, 3.8) is 0 Å². The lowest BCUT2D eigenvalue weighted by atomic mass is 10.0. The summed E-state index contributed by atoms with van der Waals surface area (Å²) >= 11 is 11.4. The van der Waals surface area contributed by atoms with Gasteiger partial charge in [-0.25, -0.2) is 4.39 Å². The molecule has 1 amide bonds. The summed E-state index contributed by atoms with van der Waals surface area (Å²) < 4.78 is 31.3. The Morgan fingerprint density at radius 1 is 1.41 bits per heavy atom. The SMILES string of the molecule is COc1c(Cl)cc(F)cc1N1CCC(NCc2ccncc2OCC2CN(C)CCO2)=C(C(N)=S)C1=O. The van der Waals surface area contributed by atoms with Gasteiger partial charge in [-0.2, -0.15) is 0 Å². The maximum Gasteiger partial charge on any atom is 0.263 e. The lowest BCUT2D eigenvalue weighted by molar-refractivity contribution is -0.115. The number of nitrogens with zero attached hydrogens (tertiary/aromatic N) is 3. The fourth-order valence-electron chi connectivity index (χ4n) is 4.36. The van der Waals surface area contributed by atoms with E-state index in [0.717, 1.165) is 24.7 Å². The first-order chi connectivity index (χ1) is 17.8. The Labute approximate surface area is 225 Å². The number of rotatable bonds is 9. The zero-order valence-corrected chi connectivity index (χ0v) is 22.2. The molecule has 198 valence electrons. The number of hydrogen-bond acceptors (Lipinski definition) is 8. The molecule has 1 atom stereocenters. The summed E-state index contributed by atoms with van der Waals surface area (Å²) in [4.78, 5) is 21.1. The molecular weight excluding hydrogens is 521 g/mol. The van der Waals surface area contributed by atoms with E-state index in [-0.39, 0.29) is 39.7 Å². The van der Waals surface area contributed by atoms with E-state index in [1.54, 1.807) is 12.4 Å². The first kappa shape index (κ1) is 27.1. The van der Waals surface area contributed by atoms with Gasteiger partial charge in [0.05, 0.1) is 36.2 Å². The number of halogens is 2. The molecule has 2 aromatic rings. The summed E-state index contributed by atoms with van der Waals surface area (Å²) in [5, 5.41) is 3.36. The number of pyridine rings is 1. The summed E-state index contributed by atoms with van der Waals surface area (Å²) in [7, 11) is 3.45. The van der Waals surface area contributed by atoms with Crippen molar-refractivity contribution in [3.8, 4) is 11.5 Å². The van der Waals surface area contributed by atoms with Crippen LogP contribution in [-0.4, -0.2) is 73.9 Å². The predicted octanol–water partition coefficient (Wildman–Crippen LogP) is 2.66. The average molecular weight is 550 g/mol. The topological polar surface area (TPSA) is 102 Å². The minimum atomic E-state index is -0.589. The van der Waals surface area contributed by atoms with Crippen molar-refractivity contribution < 1.29 is 23.4 Å². The number of morpholine rings is 1. The first-order valence-electron chi connectivity index (χ1n) is 11.8. The molecule has 0 spiro atoms. The third kappa shape index (κ3) is 6.30. The van der Waals surface area contributed by atoms with Gasteiger partial charge in [0.2, 0.25) is 0 Å². The van der Waals surface area contributed by atoms with Crippen LogP contribution in [0.25, 0.3) is 0 Å². The Kier molecular flexibility index (Phi) is 8.80. The second-order valence-corrected chi connectivity index (χ2v) is 9.61. The van der Waals surface area contributed by atoms with Gasteiger partial charge >= 0.3 is 0 Å². The number of carbonyl (C=O) groups is 1. The Morgan fingerprint density at radius 2 is 2.22 bits per heavy atom. The molecule has 0 saturated carbocycles. The van der Waals surface area contributed by atoms with E-state index in [1.807, 2.05) is 13.1 Å². The van der Waals surface area contributed by atoms with Crippen LogP contribution in [0.1, 0.15) is 12.0 Å². The van der Waals surface area contributed by atoms with E-state index in [4.69, 9.17) is 43.8 Å². The van der Waals surface area contributed by atoms with Crippen LogP contribution in [0, 0.1) is 5.82 Å². The van der Waals surface area contributed by atoms with Gasteiger partial charge in [-0.3, -0.25) is 9.78 Å². The molecule has 1 aromatic heterocycles. The highest BCUT2D eigenvalue weighted by atomic mass is 35.5. The summed E-state index contributed by atoms with van der Waals surface area (Å²) in [5.74, 6) is -0.242. The standard InChI is InChI=1S/C25H29ClFN5O4S/c1-31-7-8-35-17(13-31)14-36-21-12-29-5-3-15(21)11-30-19-4-6-32(25(33)22(19)24(28)37)20-10-16(27)9-18(26)23(20)34-2/h3,5,9-10,12,17,30H,4,6-8,11,13-14H2,1-2H3,(H2,28,37). The van der Waals surface area contributed by atoms with Crippen molar-refractivity contribution in [2.75, 3.05) is 51.9 Å². The molecule has 1 fully saturated rings. The van der Waals surface area contributed by atoms with Crippen molar-refractivity contribution in [1.29, 1.82) is 0 Å². The molecule has 0 aliphatic carbocycles. The number of anilines is 1. The quantitative estimate of drug-likeness (QED) is 0.457. The number of aromatic nitrogens is 1. The van der Waals surface area contributed by atoms with Gasteiger partial charge in [-0.1, -0.05) is 23.8 Å². The lowest BCUT2D eigenvalue weighted by Gasteiger charge is -2.32. The van der Waals surface area contributed by atoms with Gasteiger partial charge in [-0.05, 0) is 19.2 Å². The minimum absolute atomic E-state index is 0.0287. The number of nitrogens with one attached hydrogen (secondary N) is 1. The first-order valence-corrected chi connectivity index (χ1v) is 12.5. The maximum atomic E-state index is 14.1. The summed E-state index contributed by atoms with van der Waals surface area (Å²) in [6.07, 6.45) is 3.70. The Balaban J connectivity index is 1.51. The van der Waals surface area contributed by atoms with Crippen LogP contribution in [0.2, 0.25) is 5.02 Å². The van der Waals surface area contributed by atoms with Crippen molar-refractivity contribution in [1.82, 2.24) is 15.2 Å². The average Bonchev–Trinajstić information content (AvgIpc) is 2.86. The molecule has 1 saturated heterocycles. The molecule has 2 aliphatic heterocycles. The van der Waals surface area contributed by atoms with Gasteiger partial charge < -0.3 is 35.1 Å². The van der Waals surface area contributed by atoms with Crippen LogP contribution in [0.3, 0.4) is 0 Å². The van der Waals surface area contributed by atoms with Crippen molar-refractivity contribution in [2.24, 2.45) is 5.73 Å². The number of carbonyl (C=O) groups excluding carboxylic acids is 1. The van der Waals surface area contributed by atoms with E-state index in [1.165, 1.54) is 18.1 Å². The van der Waals surface area contributed by atoms with E-state index < -0.39 is 11.7 Å². The molecule has 4 rings (SSSR count). The van der Waals surface area contributed by atoms with E-state index in [9.17, 15) is 9.18 Å². The Bertz CT molecular complexity index is 1210. The van der Waals surface area contributed by atoms with E-state index in [0.29, 0.717) is 37.6 Å². The molecule has 1 unspecified atom stereocenters. The largest absolute Gasteiger partial charge is 0.493 e. The van der Waals surface area contributed by atoms with Gasteiger partial charge in [0.1, 0.15) is 29.3 Å². The maximum absolute atomic E-state index is 14.1. The zero-order valence-electron chi connectivity index (χ0n) is 20.6. The van der Waals surface area contributed by atoms with Crippen molar-refractivity contribution >= 4 is 40.4 Å². The van der Waals surface area contributed by atoms with Crippen LogP contribution in [0.4, 0.5) is 10.1 Å². The number of benzene rings is 1. The molecule has 37 heavy (non-hydrogen) atoms. The van der Waals surface area contributed by atoms with Crippen LogP contribution in [0.5, 0.6) is 11.5 Å². The van der Waals surface area contributed by atoms with Crippen molar-refractivity contribution in [3.05, 3.63) is 58.3 Å². The van der Waals surface area contributed by atoms with Gasteiger partial charge in [-0.15, -0.1) is 0 Å². The van der Waals surface area contributed by atoms with Crippen LogP contribution >= 0.6 is 23.8 Å². The molecule has 1 aromatic carbocycles. The van der Waals surface area contributed by atoms with Crippen molar-refractivity contribution in [2.45, 2.75) is 19.1 Å². The molecule has 0 radical (unpaired) electrons. The summed E-state index contributed by atoms with van der Waals surface area (Å²) in [6, 6.07) is 4.17. The molecule has 9 nitrogen and oxygen atoms in total. The zero-order chi connectivity index (χ0) is 26.5. The molecule has 2 aliphatic rings. The second kappa shape index (κ2) is 12.0. The fourth-order valence-corrected chi connectivity index (χ4v) is 4.85. The van der Waals surface area contributed by atoms with E-state index >= 15 is 0 Å². The van der Waals surface area contributed by atoms with Gasteiger partial charge in [0, 0.05) is 56.1 Å². The van der Waals surface area contributed by atoms with Gasteiger partial charge in [0.25, 0.3) is 5.91 Å². The van der Waals surface area contributed by atoms with Crippen LogP contribution in [-0.2, 0) is 16.1 Å². The van der Waals surface area contributed by atoms with Gasteiger partial charge in [0.15, 0.2) is 5.75 Å². The highest BCUT2D eigenvalue weighted by Gasteiger charge is 2.32. The number of methoxy groups -OCH3 is 1. The molecule has 12 heteroatoms. The molecular formula is C25H29ClFN5O4S. The Morgan fingerprint density at radius 3 is 2.95 bits per heavy atom. The summed E-state index contributed by atoms with van der Waals surface area (Å²) in [6.45, 7) is 3.35. The monoisotopic (exact) mass is 549 g/mol. The highest BCUT2D eigenvalue weighted by molar-refractivity contribution is 7.80. The number of ether oxygens (including phenoxy) is 3. The highest BCUT2D eigenvalue weighted by Crippen LogP contribution is 2.38. The predicted molar refractivity (Wildman–Crippen MR) is 143 cm³/mol. The molecule has 3 N–H and O–H groups in total. The van der Waals surface area contributed by atoms with E-state index in [2.05, 4.69) is 15.2 Å². The number of amides is 1. The normalized spacial score (nSPS) is 18.6. The van der Waals surface area contributed by atoms with Crippen LogP contribution < -0.4 is 25.4 Å². The summed E-state index contributed by atoms with van der Waals surface area (Å²) in [5.41, 5.74) is 7.77. The third-order valence-corrected chi connectivity index (χ3v) is 6.69. The number of nitrogens with two attached hydrogens (primary N) is 1. The van der Waals surface area contributed by atoms with Crippen LogP contribution in [0.15, 0.2) is 41.9 Å². The Hall–Kier alpha value is -2.99. The molecule has 0 bridgehead atoms. The fraction of sp³-hybridized carbons (Fsp3) is 0.400. The third-order valence-electron chi connectivity index (χ3n) is 6.21. The number of likely N-dealkylation sites (N-methyl/N-ethyl adjacent to an activating group) is 1. The molecule has 3 heterocycles. The number of thiocarbonyl (C=S) groups is 1. The smallest absolute Gasteiger partial charge is 0.263 e.